The minimum atomic E-state index is -3.85. The van der Waals surface area contributed by atoms with E-state index in [4.69, 9.17) is 4.74 Å². The number of amides is 1. The molecular formula is C20H20N4O4S2. The number of hydrogen-bond acceptors (Lipinski definition) is 7. The number of aryl methyl sites for hydroxylation is 2. The number of rotatable bonds is 6. The van der Waals surface area contributed by atoms with Crippen molar-refractivity contribution in [3.8, 4) is 5.75 Å². The van der Waals surface area contributed by atoms with E-state index in [9.17, 15) is 13.2 Å². The van der Waals surface area contributed by atoms with E-state index in [1.807, 2.05) is 37.3 Å². The van der Waals surface area contributed by atoms with Gasteiger partial charge in [0.2, 0.25) is 5.13 Å². The molecule has 2 aromatic carbocycles. The maximum atomic E-state index is 13.1. The van der Waals surface area contributed by atoms with Crippen LogP contribution >= 0.6 is 11.3 Å². The summed E-state index contributed by atoms with van der Waals surface area (Å²) in [6.07, 6.45) is 1.57. The molecule has 8 nitrogen and oxygen atoms in total. The molecule has 1 amide bonds. The van der Waals surface area contributed by atoms with Gasteiger partial charge in [-0.3, -0.25) is 14.4 Å². The van der Waals surface area contributed by atoms with Crippen LogP contribution in [0, 0.1) is 6.92 Å². The highest BCUT2D eigenvalue weighted by molar-refractivity contribution is 7.94. The number of para-hydroxylation sites is 1. The van der Waals surface area contributed by atoms with E-state index in [2.05, 4.69) is 15.5 Å². The Hall–Kier alpha value is -2.98. The summed E-state index contributed by atoms with van der Waals surface area (Å²) in [7, 11) is -3.85. The van der Waals surface area contributed by atoms with Gasteiger partial charge < -0.3 is 4.74 Å². The molecule has 1 aromatic heterocycles. The molecule has 0 radical (unpaired) electrons. The normalized spacial score (nSPS) is 13.6. The van der Waals surface area contributed by atoms with Gasteiger partial charge in [-0.1, -0.05) is 47.2 Å². The maximum Gasteiger partial charge on any atom is 0.293 e. The number of fused-ring (bicyclic) bond motifs is 1. The Morgan fingerprint density at radius 2 is 1.93 bits per heavy atom. The van der Waals surface area contributed by atoms with E-state index in [0.717, 1.165) is 35.3 Å². The molecule has 1 aliphatic rings. The largest absolute Gasteiger partial charge is 0.484 e. The first-order valence-electron chi connectivity index (χ1n) is 9.37. The number of nitrogens with one attached hydrogen (secondary N) is 1. The van der Waals surface area contributed by atoms with Crippen LogP contribution in [0.5, 0.6) is 5.75 Å². The van der Waals surface area contributed by atoms with Crippen LogP contribution in [0.4, 0.5) is 10.8 Å². The van der Waals surface area contributed by atoms with Gasteiger partial charge in [0.15, 0.2) is 6.61 Å². The van der Waals surface area contributed by atoms with Crippen LogP contribution in [0.15, 0.2) is 52.9 Å². The first-order chi connectivity index (χ1) is 14.4. The second kappa shape index (κ2) is 8.41. The van der Waals surface area contributed by atoms with Crippen molar-refractivity contribution in [1.82, 2.24) is 10.2 Å². The summed E-state index contributed by atoms with van der Waals surface area (Å²) >= 11 is 0.821. The molecular weight excluding hydrogens is 424 g/mol. The van der Waals surface area contributed by atoms with Crippen LogP contribution in [0.3, 0.4) is 0 Å². The van der Waals surface area contributed by atoms with Gasteiger partial charge >= 0.3 is 0 Å². The fourth-order valence-corrected chi connectivity index (χ4v) is 5.71. The lowest BCUT2D eigenvalue weighted by Crippen LogP contribution is -2.35. The van der Waals surface area contributed by atoms with Crippen LogP contribution in [0.1, 0.15) is 17.5 Å². The highest BCUT2D eigenvalue weighted by atomic mass is 32.2. The SMILES string of the molecule is Cc1ccc(OCC(=O)Nc2nnc(S(=O)(=O)N3CCCc4ccccc43)s2)cc1. The third kappa shape index (κ3) is 4.29. The number of sulfonamides is 1. The van der Waals surface area contributed by atoms with Gasteiger partial charge in [0, 0.05) is 6.54 Å². The topological polar surface area (TPSA) is 101 Å². The zero-order valence-electron chi connectivity index (χ0n) is 16.2. The van der Waals surface area contributed by atoms with Crippen LogP contribution in [-0.4, -0.2) is 37.7 Å². The first kappa shape index (κ1) is 20.3. The quantitative estimate of drug-likeness (QED) is 0.587. The number of aromatic nitrogens is 2. The average molecular weight is 445 g/mol. The molecule has 1 aliphatic heterocycles. The number of anilines is 2. The molecule has 1 N–H and O–H groups in total. The Bertz CT molecular complexity index is 1160. The Morgan fingerprint density at radius 3 is 2.73 bits per heavy atom. The minimum Gasteiger partial charge on any atom is -0.484 e. The fraction of sp³-hybridized carbons (Fsp3) is 0.250. The highest BCUT2D eigenvalue weighted by Gasteiger charge is 2.32. The van der Waals surface area contributed by atoms with E-state index in [1.54, 1.807) is 18.2 Å². The number of nitrogens with zero attached hydrogens (tertiary/aromatic N) is 3. The summed E-state index contributed by atoms with van der Waals surface area (Å²) in [4.78, 5) is 12.1. The smallest absolute Gasteiger partial charge is 0.293 e. The standard InChI is InChI=1S/C20H20N4O4S2/c1-14-8-10-16(11-9-14)28-13-18(25)21-19-22-23-20(29-19)30(26,27)24-12-4-6-15-5-2-3-7-17(15)24/h2-3,5,7-11H,4,6,12-13H2,1H3,(H,21,22,25). The van der Waals surface area contributed by atoms with Gasteiger partial charge in [0.25, 0.3) is 20.3 Å². The van der Waals surface area contributed by atoms with Crippen molar-refractivity contribution in [1.29, 1.82) is 0 Å². The Balaban J connectivity index is 1.43. The molecule has 0 bridgehead atoms. The third-order valence-corrected chi connectivity index (χ3v) is 7.62. The zero-order valence-corrected chi connectivity index (χ0v) is 17.9. The lowest BCUT2D eigenvalue weighted by atomic mass is 10.0. The van der Waals surface area contributed by atoms with Crippen molar-refractivity contribution in [3.63, 3.8) is 0 Å². The molecule has 10 heteroatoms. The van der Waals surface area contributed by atoms with Crippen molar-refractivity contribution < 1.29 is 17.9 Å². The molecule has 0 spiro atoms. The molecule has 0 unspecified atom stereocenters. The molecule has 30 heavy (non-hydrogen) atoms. The van der Waals surface area contributed by atoms with E-state index in [0.29, 0.717) is 18.0 Å². The van der Waals surface area contributed by atoms with Crippen LogP contribution in [0.2, 0.25) is 0 Å². The molecule has 0 aliphatic carbocycles. The Kier molecular flexibility index (Phi) is 5.69. The van der Waals surface area contributed by atoms with Crippen molar-refractivity contribution in [2.75, 3.05) is 22.8 Å². The molecule has 0 saturated carbocycles. The summed E-state index contributed by atoms with van der Waals surface area (Å²) in [5.41, 5.74) is 2.74. The predicted octanol–water partition coefficient (Wildman–Crippen LogP) is 3.01. The predicted molar refractivity (Wildman–Crippen MR) is 115 cm³/mol. The van der Waals surface area contributed by atoms with Crippen LogP contribution in [0.25, 0.3) is 0 Å². The molecule has 0 atom stereocenters. The Labute approximate surface area is 178 Å². The maximum absolute atomic E-state index is 13.1. The summed E-state index contributed by atoms with van der Waals surface area (Å²) in [6, 6.07) is 14.7. The summed E-state index contributed by atoms with van der Waals surface area (Å²) < 4.78 is 32.8. The number of carbonyl (C=O) groups is 1. The van der Waals surface area contributed by atoms with Gasteiger partial charge in [-0.25, -0.2) is 0 Å². The second-order valence-corrected chi connectivity index (χ2v) is 9.85. The second-order valence-electron chi connectivity index (χ2n) is 6.83. The number of ether oxygens (including phenoxy) is 1. The van der Waals surface area contributed by atoms with Gasteiger partial charge in [0.05, 0.1) is 5.69 Å². The van der Waals surface area contributed by atoms with E-state index in [-0.39, 0.29) is 16.1 Å². The van der Waals surface area contributed by atoms with Crippen LogP contribution in [-0.2, 0) is 21.2 Å². The molecule has 2 heterocycles. The zero-order chi connectivity index (χ0) is 21.1. The molecule has 0 fully saturated rings. The number of hydrogen-bond donors (Lipinski definition) is 1. The minimum absolute atomic E-state index is 0.108. The molecule has 3 aromatic rings. The van der Waals surface area contributed by atoms with Crippen molar-refractivity contribution >= 4 is 38.1 Å². The Morgan fingerprint density at radius 1 is 1.17 bits per heavy atom. The lowest BCUT2D eigenvalue weighted by molar-refractivity contribution is -0.118. The van der Waals surface area contributed by atoms with Gasteiger partial charge in [-0.15, -0.1) is 10.2 Å². The molecule has 156 valence electrons. The summed E-state index contributed by atoms with van der Waals surface area (Å²) in [5, 5.41) is 10.3. The van der Waals surface area contributed by atoms with E-state index >= 15 is 0 Å². The summed E-state index contributed by atoms with van der Waals surface area (Å²) in [5.74, 6) is 0.124. The average Bonchev–Trinajstić information content (AvgIpc) is 3.22. The lowest BCUT2D eigenvalue weighted by Gasteiger charge is -2.29. The van der Waals surface area contributed by atoms with E-state index in [1.165, 1.54) is 4.31 Å². The highest BCUT2D eigenvalue weighted by Crippen LogP contribution is 2.33. The third-order valence-electron chi connectivity index (χ3n) is 4.62. The molecule has 4 rings (SSSR count). The monoisotopic (exact) mass is 444 g/mol. The fourth-order valence-electron chi connectivity index (χ4n) is 3.15. The van der Waals surface area contributed by atoms with Crippen molar-refractivity contribution in [3.05, 3.63) is 59.7 Å². The van der Waals surface area contributed by atoms with Gasteiger partial charge in [0.1, 0.15) is 5.75 Å². The van der Waals surface area contributed by atoms with Crippen molar-refractivity contribution in [2.45, 2.75) is 24.1 Å². The summed E-state index contributed by atoms with van der Waals surface area (Å²) in [6.45, 7) is 2.12. The number of carbonyl (C=O) groups excluding carboxylic acids is 1. The van der Waals surface area contributed by atoms with Crippen molar-refractivity contribution in [2.24, 2.45) is 0 Å². The van der Waals surface area contributed by atoms with Crippen LogP contribution < -0.4 is 14.4 Å². The first-order valence-corrected chi connectivity index (χ1v) is 11.6. The van der Waals surface area contributed by atoms with E-state index < -0.39 is 15.9 Å². The van der Waals surface area contributed by atoms with Gasteiger partial charge in [-0.05, 0) is 43.5 Å². The number of benzene rings is 2. The molecule has 0 saturated heterocycles. The van der Waals surface area contributed by atoms with Gasteiger partial charge in [-0.2, -0.15) is 8.42 Å².